The maximum atomic E-state index is 8.68. The van der Waals surface area contributed by atoms with Crippen molar-refractivity contribution in [2.45, 2.75) is 0 Å². The zero-order valence-corrected chi connectivity index (χ0v) is 4.70. The summed E-state index contributed by atoms with van der Waals surface area (Å²) in [6.45, 7) is 0. The van der Waals surface area contributed by atoms with Crippen LogP contribution in [0.25, 0.3) is 0 Å². The molecule has 0 atom stereocenters. The molecule has 0 heterocycles. The molecule has 3 heteroatoms. The summed E-state index contributed by atoms with van der Waals surface area (Å²) in [6, 6.07) is 0. The van der Waals surface area contributed by atoms with E-state index in [1.54, 1.807) is 0 Å². The quantitative estimate of drug-likeness (QED) is 0.467. The molecule has 0 amide bonds. The van der Waals surface area contributed by atoms with E-state index in [1.165, 1.54) is 23.6 Å². The Morgan fingerprint density at radius 3 is 1.75 bits per heavy atom. The van der Waals surface area contributed by atoms with Crippen molar-refractivity contribution < 1.29 is 40.9 Å². The summed E-state index contributed by atoms with van der Waals surface area (Å²) in [7, 11) is 0. The monoisotopic (exact) mass is 185 g/mol. The third-order valence-corrected chi connectivity index (χ3v) is 0. The Bertz CT molecular complexity index is 29.0. The summed E-state index contributed by atoms with van der Waals surface area (Å²) in [5, 5.41) is 0. The summed E-state index contributed by atoms with van der Waals surface area (Å²) in [5.41, 5.74) is 0. The van der Waals surface area contributed by atoms with Crippen LogP contribution in [0.3, 0.4) is 0 Å². The fourth-order valence-corrected chi connectivity index (χ4v) is 0. The van der Waals surface area contributed by atoms with Crippen LogP contribution >= 0.6 is 0 Å². The van der Waals surface area contributed by atoms with E-state index in [9.17, 15) is 0 Å². The third-order valence-electron chi connectivity index (χ3n) is 0. The molecule has 0 aromatic heterocycles. The molecular weight excluding hydrogens is 183 g/mol. The predicted molar refractivity (Wildman–Crippen MR) is 5.69 cm³/mol. The van der Waals surface area contributed by atoms with Gasteiger partial charge in [-0.1, -0.05) is 0 Å². The molecule has 0 aliphatic carbocycles. The molecule has 0 N–H and O–H groups in total. The Kier molecular flexibility index (Phi) is 20.4. The van der Waals surface area contributed by atoms with Crippen LogP contribution in [-0.2, 0) is 40.9 Å². The molecule has 0 bridgehead atoms. The van der Waals surface area contributed by atoms with Crippen LogP contribution in [0.15, 0.2) is 0 Å². The third kappa shape index (κ3) is 14.6. The fraction of sp³-hybridized carbons (Fsp3) is 0. The van der Waals surface area contributed by atoms with Crippen LogP contribution < -0.4 is 0 Å². The van der Waals surface area contributed by atoms with E-state index in [1.807, 2.05) is 0 Å². The molecule has 1 nitrogen and oxygen atoms in total. The van der Waals surface area contributed by atoms with Gasteiger partial charge >= 0.3 is 28.4 Å². The van der Waals surface area contributed by atoms with E-state index in [-0.39, 0.29) is 16.8 Å². The molecule has 0 aromatic rings. The minimum absolute atomic E-state index is 0. The van der Waals surface area contributed by atoms with Crippen LogP contribution in [0.4, 0.5) is 0 Å². The molecule has 0 spiro atoms. The molecule has 0 aromatic carbocycles. The smallest absolute Gasteiger partial charge is 0 e. The average molecular weight is 183 g/mol. The van der Waals surface area contributed by atoms with E-state index in [4.69, 9.17) is 4.79 Å². The van der Waals surface area contributed by atoms with Crippen molar-refractivity contribution in [3.8, 4) is 0 Å². The van der Waals surface area contributed by atoms with Gasteiger partial charge < -0.3 is 0 Å². The summed E-state index contributed by atoms with van der Waals surface area (Å²) < 4.78 is 1.51. The first kappa shape index (κ1) is 8.84. The van der Waals surface area contributed by atoms with Crippen LogP contribution in [-0.4, -0.2) is 4.27 Å². The zero-order valence-electron chi connectivity index (χ0n) is 1.65. The number of hydrogen-bond acceptors (Lipinski definition) is 1. The minimum atomic E-state index is 0. The van der Waals surface area contributed by atoms with Crippen molar-refractivity contribution in [1.82, 2.24) is 0 Å². The first-order valence-corrected chi connectivity index (χ1v) is 1.41. The fourth-order valence-electron chi connectivity index (χ4n) is 0. The molecule has 0 rings (SSSR count). The van der Waals surface area contributed by atoms with Gasteiger partial charge in [0.1, 0.15) is 0 Å². The second-order valence-electron chi connectivity index (χ2n) is 0.0833. The van der Waals surface area contributed by atoms with Gasteiger partial charge in [0.15, 0.2) is 0 Å². The standard InChI is InChI=1S/CO.Co.Mo/c1-2;;. The van der Waals surface area contributed by atoms with Gasteiger partial charge in [-0.05, 0) is 0 Å². The van der Waals surface area contributed by atoms with E-state index in [2.05, 4.69) is 0 Å². The van der Waals surface area contributed by atoms with Crippen molar-refractivity contribution in [2.75, 3.05) is 0 Å². The van der Waals surface area contributed by atoms with Gasteiger partial charge in [0.05, 0.1) is 0 Å². The summed E-state index contributed by atoms with van der Waals surface area (Å²) in [4.78, 5) is 8.68. The number of carbonyl (C=O) groups excluding carboxylic acids is 1. The van der Waals surface area contributed by atoms with E-state index in [0.717, 1.165) is 0 Å². The number of rotatable bonds is 0. The molecule has 25 valence electrons. The molecule has 0 saturated carbocycles. The van der Waals surface area contributed by atoms with Crippen molar-refractivity contribution >= 4 is 4.27 Å². The molecule has 1 radical (unpaired) electrons. The van der Waals surface area contributed by atoms with Crippen molar-refractivity contribution in [3.05, 3.63) is 0 Å². The Balaban J connectivity index is 0. The molecule has 4 heavy (non-hydrogen) atoms. The molecule has 0 aliphatic rings. The molecular formula is CCoMoO. The number of hydrogen-bond donors (Lipinski definition) is 0. The first-order chi connectivity index (χ1) is 1.41. The van der Waals surface area contributed by atoms with Crippen LogP contribution in [0.5, 0.6) is 0 Å². The SMILES string of the molecule is O=[C]=[Mo].[Co]. The van der Waals surface area contributed by atoms with Crippen molar-refractivity contribution in [1.29, 1.82) is 0 Å². The van der Waals surface area contributed by atoms with Gasteiger partial charge in [-0.3, -0.25) is 0 Å². The first-order valence-electron chi connectivity index (χ1n) is 0.408. The Hall–Kier alpha value is 0.775. The van der Waals surface area contributed by atoms with Gasteiger partial charge in [0.2, 0.25) is 0 Å². The van der Waals surface area contributed by atoms with Crippen LogP contribution in [0, 0.1) is 0 Å². The Labute approximate surface area is 45.4 Å². The van der Waals surface area contributed by atoms with E-state index >= 15 is 0 Å². The largest absolute Gasteiger partial charge is 0 e. The zero-order chi connectivity index (χ0) is 2.71. The predicted octanol–water partition coefficient (Wildman–Crippen LogP) is -0.402. The second-order valence-corrected chi connectivity index (χ2v) is 0.493. The van der Waals surface area contributed by atoms with Gasteiger partial charge in [-0.2, -0.15) is 0 Å². The molecule has 0 aliphatic heterocycles. The summed E-state index contributed by atoms with van der Waals surface area (Å²) in [6.07, 6.45) is 0. The van der Waals surface area contributed by atoms with Crippen LogP contribution in [0.2, 0.25) is 0 Å². The average Bonchev–Trinajstić information content (AvgIpc) is 0.918. The van der Waals surface area contributed by atoms with Gasteiger partial charge in [-0.15, -0.1) is 0 Å². The van der Waals surface area contributed by atoms with Crippen molar-refractivity contribution in [2.24, 2.45) is 0 Å². The molecule has 0 unspecified atom stereocenters. The van der Waals surface area contributed by atoms with Gasteiger partial charge in [0.25, 0.3) is 0 Å². The normalized spacial score (nSPS) is 2.00. The van der Waals surface area contributed by atoms with Gasteiger partial charge in [0, 0.05) is 16.8 Å². The van der Waals surface area contributed by atoms with Crippen LogP contribution in [0.1, 0.15) is 0 Å². The van der Waals surface area contributed by atoms with Crippen molar-refractivity contribution in [3.63, 3.8) is 0 Å². The topological polar surface area (TPSA) is 17.1 Å². The van der Waals surface area contributed by atoms with E-state index in [0.29, 0.717) is 0 Å². The minimum Gasteiger partial charge on any atom is 0 e. The summed E-state index contributed by atoms with van der Waals surface area (Å²) >= 11 is 1.26. The summed E-state index contributed by atoms with van der Waals surface area (Å²) in [5.74, 6) is 0. The molecule has 0 saturated heterocycles. The van der Waals surface area contributed by atoms with Gasteiger partial charge in [-0.25, -0.2) is 0 Å². The second kappa shape index (κ2) is 9.23. The maximum absolute atomic E-state index is 8.68. The Morgan fingerprint density at radius 2 is 1.75 bits per heavy atom. The van der Waals surface area contributed by atoms with E-state index < -0.39 is 0 Å². The maximum Gasteiger partial charge on any atom is 0 e. The molecule has 0 fully saturated rings. The Morgan fingerprint density at radius 1 is 1.75 bits per heavy atom.